The summed E-state index contributed by atoms with van der Waals surface area (Å²) in [4.78, 5) is 0. The molecule has 3 aromatic carbocycles. The maximum Gasteiger partial charge on any atom is 0.111 e. The Morgan fingerprint density at radius 1 is 0.686 bits per heavy atom. The zero-order chi connectivity index (χ0) is 23.5. The summed E-state index contributed by atoms with van der Waals surface area (Å²) in [6.07, 6.45) is 15.9. The Hall–Kier alpha value is -1.84. The maximum absolute atomic E-state index is 12.8. The summed E-state index contributed by atoms with van der Waals surface area (Å²) >= 11 is 1.69. The summed E-state index contributed by atoms with van der Waals surface area (Å²) in [7, 11) is 0. The van der Waals surface area contributed by atoms with E-state index in [1.54, 1.807) is 40.7 Å². The van der Waals surface area contributed by atoms with E-state index in [1.807, 2.05) is 36.4 Å². The van der Waals surface area contributed by atoms with Gasteiger partial charge in [0.15, 0.2) is 0 Å². The first-order valence-corrected chi connectivity index (χ1v) is 16.4. The molecule has 0 saturated heterocycles. The van der Waals surface area contributed by atoms with Gasteiger partial charge in [0.05, 0.1) is 0 Å². The van der Waals surface area contributed by atoms with E-state index in [0.29, 0.717) is 0 Å². The Balaban J connectivity index is 0.000000258. The maximum atomic E-state index is 12.8. The van der Waals surface area contributed by atoms with Crippen molar-refractivity contribution in [3.8, 4) is 0 Å². The van der Waals surface area contributed by atoms with E-state index in [4.69, 9.17) is 0 Å². The smallest absolute Gasteiger partial charge is 0.111 e. The largest absolute Gasteiger partial charge is 1.00 e. The standard InChI is InChI=1S/2C11H8F.C7H8Si.2ClH.Zr/c2*12-11-7-3-6-10(8-11)9-4-1-2-5-9;1-8-7-5-3-2-4-6-7;;;/h2*1,3-4,6-8H,2H2;2-6H,1H3;2*1H;/q2*-1;;;;+2/p-2. The Kier molecular flexibility index (Phi) is 14.9. The summed E-state index contributed by atoms with van der Waals surface area (Å²) in [5.41, 5.74) is 3.68. The van der Waals surface area contributed by atoms with Gasteiger partial charge in [-0.1, -0.05) is 37.1 Å². The van der Waals surface area contributed by atoms with Crippen molar-refractivity contribution >= 4 is 21.8 Å². The third kappa shape index (κ3) is 10.8. The van der Waals surface area contributed by atoms with Crippen LogP contribution in [-0.4, -0.2) is 5.43 Å². The molecule has 0 N–H and O–H groups in total. The van der Waals surface area contributed by atoms with Gasteiger partial charge in [-0.25, -0.2) is 8.78 Å². The van der Waals surface area contributed by atoms with E-state index in [1.165, 1.54) is 24.3 Å². The normalized spacial score (nSPS) is 12.6. The number of halogens is 4. The molecule has 0 aliphatic heterocycles. The monoisotopic (exact) mass is 598 g/mol. The van der Waals surface area contributed by atoms with Crippen LogP contribution >= 0.6 is 0 Å². The molecule has 0 fully saturated rings. The summed E-state index contributed by atoms with van der Waals surface area (Å²) in [5.74, 6) is -0.385. The molecular weight excluding hydrogens is 577 g/mol. The molecule has 0 amide bonds. The van der Waals surface area contributed by atoms with Gasteiger partial charge in [0.25, 0.3) is 0 Å². The molecule has 0 radical (unpaired) electrons. The topological polar surface area (TPSA) is 0 Å². The first-order valence-electron chi connectivity index (χ1n) is 10.7. The van der Waals surface area contributed by atoms with Crippen LogP contribution in [-0.2, 0) is 23.3 Å². The molecular formula is C29H24Cl2F2SiZr-2. The van der Waals surface area contributed by atoms with Crippen molar-refractivity contribution < 1.29 is 56.9 Å². The first-order chi connectivity index (χ1) is 16.0. The molecule has 0 aromatic heterocycles. The molecule has 0 bridgehead atoms. The third-order valence-electron chi connectivity index (χ3n) is 4.87. The van der Waals surface area contributed by atoms with Crippen LogP contribution < -0.4 is 30.0 Å². The Bertz CT molecular complexity index is 1150. The predicted molar refractivity (Wildman–Crippen MR) is 131 cm³/mol. The van der Waals surface area contributed by atoms with Gasteiger partial charge in [-0.05, 0) is 12.1 Å². The number of rotatable bonds is 3. The van der Waals surface area contributed by atoms with Gasteiger partial charge in [0.2, 0.25) is 0 Å². The summed E-state index contributed by atoms with van der Waals surface area (Å²) in [5, 5.41) is 1.56. The van der Waals surface area contributed by atoms with E-state index < -0.39 is 0 Å². The van der Waals surface area contributed by atoms with Crippen LogP contribution in [0.5, 0.6) is 0 Å². The SMILES string of the molecule is C[Si](=[Zr+2])c1ccccc1.Fc1cccc(C2=[C-]CC=C2)c1.Fc1cccc(C2=[C-]CC=C2)c1.[Cl-].[Cl-]. The van der Waals surface area contributed by atoms with Crippen molar-refractivity contribution in [2.45, 2.75) is 19.4 Å². The minimum Gasteiger partial charge on any atom is -1.00 e. The predicted octanol–water partition coefficient (Wildman–Crippen LogP) is 1.01. The zero-order valence-corrected chi connectivity index (χ0v) is 24.2. The quantitative estimate of drug-likeness (QED) is 0.311. The molecule has 178 valence electrons. The minimum absolute atomic E-state index is 0. The first kappa shape index (κ1) is 31.2. The van der Waals surface area contributed by atoms with Gasteiger partial charge in [-0.3, -0.25) is 0 Å². The number of hydrogen-bond donors (Lipinski definition) is 0. The molecule has 6 heteroatoms. The fourth-order valence-corrected chi connectivity index (χ4v) is 5.13. The van der Waals surface area contributed by atoms with Crippen LogP contribution in [0.3, 0.4) is 0 Å². The number of benzene rings is 3. The summed E-state index contributed by atoms with van der Waals surface area (Å²) < 4.78 is 25.5. The van der Waals surface area contributed by atoms with E-state index in [9.17, 15) is 8.78 Å². The van der Waals surface area contributed by atoms with Crippen LogP contribution in [0.2, 0.25) is 6.55 Å². The van der Waals surface area contributed by atoms with Gasteiger partial charge >= 0.3 is 70.8 Å². The van der Waals surface area contributed by atoms with Gasteiger partial charge in [-0.2, -0.15) is 35.5 Å². The number of allylic oxidation sites excluding steroid dienone is 8. The Labute approximate surface area is 234 Å². The Morgan fingerprint density at radius 2 is 1.14 bits per heavy atom. The van der Waals surface area contributed by atoms with Crippen molar-refractivity contribution in [1.29, 1.82) is 0 Å². The average molecular weight is 601 g/mol. The molecule has 3 aromatic rings. The summed E-state index contributed by atoms with van der Waals surface area (Å²) in [6.45, 7) is 2.35. The van der Waals surface area contributed by atoms with E-state index in [-0.39, 0.29) is 41.9 Å². The van der Waals surface area contributed by atoms with Crippen molar-refractivity contribution in [2.75, 3.05) is 0 Å². The van der Waals surface area contributed by atoms with E-state index in [2.05, 4.69) is 49.0 Å². The molecule has 2 aliphatic carbocycles. The van der Waals surface area contributed by atoms with Crippen molar-refractivity contribution in [2.24, 2.45) is 0 Å². The molecule has 0 unspecified atom stereocenters. The fraction of sp³-hybridized carbons (Fsp3) is 0.103. The van der Waals surface area contributed by atoms with Crippen molar-refractivity contribution in [1.82, 2.24) is 0 Å². The second kappa shape index (κ2) is 16.8. The molecule has 0 saturated carbocycles. The van der Waals surface area contributed by atoms with E-state index in [0.717, 1.165) is 35.1 Å². The molecule has 0 nitrogen and oxygen atoms in total. The number of hydrogen-bond acceptors (Lipinski definition) is 0. The minimum atomic E-state index is -0.192. The van der Waals surface area contributed by atoms with Gasteiger partial charge < -0.3 is 24.8 Å². The molecule has 0 atom stereocenters. The second-order valence-electron chi connectivity index (χ2n) is 7.41. The molecule has 5 rings (SSSR count). The average Bonchev–Trinajstić information content (AvgIpc) is 3.55. The van der Waals surface area contributed by atoms with Gasteiger partial charge in [0, 0.05) is 0 Å². The van der Waals surface area contributed by atoms with Gasteiger partial charge in [-0.15, -0.1) is 35.4 Å². The molecule has 0 spiro atoms. The summed E-state index contributed by atoms with van der Waals surface area (Å²) in [6, 6.07) is 23.9. The fourth-order valence-electron chi connectivity index (χ4n) is 3.21. The third-order valence-corrected chi connectivity index (χ3v) is 8.20. The van der Waals surface area contributed by atoms with Crippen molar-refractivity contribution in [3.63, 3.8) is 0 Å². The van der Waals surface area contributed by atoms with E-state index >= 15 is 0 Å². The Morgan fingerprint density at radius 3 is 1.46 bits per heavy atom. The van der Waals surface area contributed by atoms with Crippen LogP contribution in [0.15, 0.2) is 103 Å². The molecule has 2 aliphatic rings. The van der Waals surface area contributed by atoms with Crippen LogP contribution in [0.25, 0.3) is 11.1 Å². The van der Waals surface area contributed by atoms with Crippen LogP contribution in [0.4, 0.5) is 8.78 Å². The zero-order valence-electron chi connectivity index (χ0n) is 19.2. The van der Waals surface area contributed by atoms with Crippen LogP contribution in [0, 0.1) is 23.8 Å². The molecule has 0 heterocycles. The molecule has 35 heavy (non-hydrogen) atoms. The van der Waals surface area contributed by atoms with Crippen LogP contribution in [0.1, 0.15) is 24.0 Å². The van der Waals surface area contributed by atoms with Gasteiger partial charge in [0.1, 0.15) is 11.6 Å². The van der Waals surface area contributed by atoms with Crippen molar-refractivity contribution in [3.05, 3.63) is 138 Å². The second-order valence-corrected chi connectivity index (χ2v) is 14.8.